The molecular formula is C19H20N2O4. The van der Waals surface area contributed by atoms with E-state index in [-0.39, 0.29) is 0 Å². The number of amides is 2. The van der Waals surface area contributed by atoms with E-state index in [2.05, 4.69) is 0 Å². The maximum Gasteiger partial charge on any atom is 0.247 e. The van der Waals surface area contributed by atoms with Crippen LogP contribution in [0.5, 0.6) is 5.75 Å². The summed E-state index contributed by atoms with van der Waals surface area (Å²) in [6, 6.07) is 17.2. The second-order valence-corrected chi connectivity index (χ2v) is 6.35. The van der Waals surface area contributed by atoms with Gasteiger partial charge in [0.25, 0.3) is 0 Å². The molecule has 0 bridgehead atoms. The first-order valence-electron chi connectivity index (χ1n) is 8.05. The van der Waals surface area contributed by atoms with Crippen molar-refractivity contribution in [3.05, 3.63) is 65.7 Å². The Kier molecular flexibility index (Phi) is 4.72. The van der Waals surface area contributed by atoms with Crippen LogP contribution < -0.4 is 16.0 Å². The molecule has 130 valence electrons. The van der Waals surface area contributed by atoms with Gasteiger partial charge in [-0.3, -0.25) is 14.8 Å². The molecule has 0 saturated heterocycles. The number of hydrogen-bond donors (Lipinski definition) is 3. The highest BCUT2D eigenvalue weighted by Gasteiger charge is 2.62. The van der Waals surface area contributed by atoms with E-state index in [4.69, 9.17) is 15.7 Å². The van der Waals surface area contributed by atoms with Crippen molar-refractivity contribution in [1.82, 2.24) is 5.48 Å². The van der Waals surface area contributed by atoms with E-state index in [0.29, 0.717) is 19.4 Å². The molecule has 1 saturated carbocycles. The van der Waals surface area contributed by atoms with Gasteiger partial charge in [-0.2, -0.15) is 0 Å². The van der Waals surface area contributed by atoms with Gasteiger partial charge in [-0.25, -0.2) is 5.48 Å². The predicted octanol–water partition coefficient (Wildman–Crippen LogP) is 1.81. The van der Waals surface area contributed by atoms with Gasteiger partial charge in [0.2, 0.25) is 11.8 Å². The number of rotatable bonds is 7. The number of carbonyl (C=O) groups excluding carboxylic acids is 2. The molecule has 3 rings (SSSR count). The van der Waals surface area contributed by atoms with Gasteiger partial charge in [0.05, 0.1) is 11.3 Å². The predicted molar refractivity (Wildman–Crippen MR) is 90.6 cm³/mol. The van der Waals surface area contributed by atoms with Crippen LogP contribution in [0.15, 0.2) is 54.6 Å². The van der Waals surface area contributed by atoms with Crippen LogP contribution in [-0.2, 0) is 22.6 Å². The molecule has 0 aromatic heterocycles. The number of benzene rings is 2. The maximum atomic E-state index is 11.8. The van der Waals surface area contributed by atoms with Crippen LogP contribution >= 0.6 is 0 Å². The monoisotopic (exact) mass is 340 g/mol. The molecule has 0 spiro atoms. The van der Waals surface area contributed by atoms with E-state index >= 15 is 0 Å². The minimum Gasteiger partial charge on any atom is -0.489 e. The minimum absolute atomic E-state index is 0.348. The fourth-order valence-corrected chi connectivity index (χ4v) is 3.09. The number of hydrogen-bond acceptors (Lipinski definition) is 4. The molecule has 4 N–H and O–H groups in total. The molecule has 1 aliphatic rings. The topological polar surface area (TPSA) is 102 Å². The van der Waals surface area contributed by atoms with Crippen LogP contribution in [0.1, 0.15) is 17.5 Å². The summed E-state index contributed by atoms with van der Waals surface area (Å²) in [5.41, 5.74) is 8.13. The van der Waals surface area contributed by atoms with Crippen molar-refractivity contribution in [1.29, 1.82) is 0 Å². The Morgan fingerprint density at radius 1 is 1.12 bits per heavy atom. The van der Waals surface area contributed by atoms with Crippen LogP contribution in [0.2, 0.25) is 0 Å². The van der Waals surface area contributed by atoms with Crippen molar-refractivity contribution in [2.75, 3.05) is 0 Å². The Labute approximate surface area is 145 Å². The second kappa shape index (κ2) is 6.94. The molecule has 6 nitrogen and oxygen atoms in total. The molecule has 1 aliphatic carbocycles. The third-order valence-corrected chi connectivity index (χ3v) is 4.68. The summed E-state index contributed by atoms with van der Waals surface area (Å²) in [5, 5.41) is 8.75. The van der Waals surface area contributed by atoms with E-state index in [1.165, 1.54) is 0 Å². The molecule has 6 heteroatoms. The van der Waals surface area contributed by atoms with E-state index in [1.54, 1.807) is 5.48 Å². The Morgan fingerprint density at radius 3 is 2.40 bits per heavy atom. The zero-order valence-electron chi connectivity index (χ0n) is 13.6. The Hall–Kier alpha value is -2.86. The lowest BCUT2D eigenvalue weighted by Crippen LogP contribution is -2.33. The van der Waals surface area contributed by atoms with Gasteiger partial charge in [0.1, 0.15) is 12.4 Å². The smallest absolute Gasteiger partial charge is 0.247 e. The quantitative estimate of drug-likeness (QED) is 0.528. The number of ether oxygens (including phenoxy) is 1. The van der Waals surface area contributed by atoms with Crippen LogP contribution in [-0.4, -0.2) is 17.0 Å². The molecule has 0 heterocycles. The van der Waals surface area contributed by atoms with E-state index < -0.39 is 23.1 Å². The van der Waals surface area contributed by atoms with Crippen LogP contribution in [0.3, 0.4) is 0 Å². The van der Waals surface area contributed by atoms with Crippen molar-refractivity contribution in [2.45, 2.75) is 19.4 Å². The summed E-state index contributed by atoms with van der Waals surface area (Å²) in [7, 11) is 0. The highest BCUT2D eigenvalue weighted by Crippen LogP contribution is 2.54. The van der Waals surface area contributed by atoms with Crippen molar-refractivity contribution in [2.24, 2.45) is 17.1 Å². The number of nitrogens with two attached hydrogens (primary N) is 1. The lowest BCUT2D eigenvalue weighted by Gasteiger charge is -2.13. The average Bonchev–Trinajstić information content (AvgIpc) is 3.37. The van der Waals surface area contributed by atoms with E-state index in [1.807, 2.05) is 54.6 Å². The molecule has 2 amide bonds. The van der Waals surface area contributed by atoms with Crippen LogP contribution in [0, 0.1) is 11.3 Å². The van der Waals surface area contributed by atoms with Gasteiger partial charge >= 0.3 is 0 Å². The first-order valence-corrected chi connectivity index (χ1v) is 8.05. The molecule has 0 unspecified atom stereocenters. The Balaban J connectivity index is 1.62. The molecule has 2 aromatic carbocycles. The SMILES string of the molecule is NC(=O)[C@@]1(Cc2ccc(OCc3ccccc3)cc2)C[C@@H]1C(=O)NO. The minimum atomic E-state index is -0.917. The lowest BCUT2D eigenvalue weighted by molar-refractivity contribution is -0.134. The number of primary amides is 1. The van der Waals surface area contributed by atoms with E-state index in [9.17, 15) is 9.59 Å². The summed E-state index contributed by atoms with van der Waals surface area (Å²) in [5.74, 6) is -0.947. The van der Waals surface area contributed by atoms with Gasteiger partial charge in [0.15, 0.2) is 0 Å². The zero-order valence-corrected chi connectivity index (χ0v) is 13.6. The molecule has 2 aromatic rings. The largest absolute Gasteiger partial charge is 0.489 e. The van der Waals surface area contributed by atoms with Crippen molar-refractivity contribution < 1.29 is 19.5 Å². The van der Waals surface area contributed by atoms with Crippen molar-refractivity contribution >= 4 is 11.8 Å². The normalized spacial score (nSPS) is 21.4. The molecule has 1 fully saturated rings. The number of hydroxylamine groups is 1. The third kappa shape index (κ3) is 3.64. The molecule has 0 aliphatic heterocycles. The fourth-order valence-electron chi connectivity index (χ4n) is 3.09. The number of carbonyl (C=O) groups is 2. The third-order valence-electron chi connectivity index (χ3n) is 4.68. The van der Waals surface area contributed by atoms with Crippen molar-refractivity contribution in [3.63, 3.8) is 0 Å². The first-order chi connectivity index (χ1) is 12.0. The first kappa shape index (κ1) is 17.0. The highest BCUT2D eigenvalue weighted by molar-refractivity contribution is 5.95. The Bertz CT molecular complexity index is 761. The fraction of sp³-hybridized carbons (Fsp3) is 0.263. The molecule has 25 heavy (non-hydrogen) atoms. The number of nitrogens with one attached hydrogen (secondary N) is 1. The standard InChI is InChI=1S/C19H20N2O4/c20-18(23)19(11-16(19)17(22)21-24)10-13-6-8-15(9-7-13)25-12-14-4-2-1-3-5-14/h1-9,16,24H,10-12H2,(H2,20,23)(H,21,22)/t16-,19+/m1/s1. The van der Waals surface area contributed by atoms with E-state index in [0.717, 1.165) is 16.9 Å². The average molecular weight is 340 g/mol. The highest BCUT2D eigenvalue weighted by atomic mass is 16.5. The van der Waals surface area contributed by atoms with Gasteiger partial charge in [0, 0.05) is 0 Å². The molecular weight excluding hydrogens is 320 g/mol. The molecule has 2 atom stereocenters. The van der Waals surface area contributed by atoms with Gasteiger partial charge in [-0.15, -0.1) is 0 Å². The van der Waals surface area contributed by atoms with Gasteiger partial charge in [-0.05, 0) is 36.1 Å². The zero-order chi connectivity index (χ0) is 17.9. The van der Waals surface area contributed by atoms with Crippen molar-refractivity contribution in [3.8, 4) is 5.75 Å². The summed E-state index contributed by atoms with van der Waals surface area (Å²) in [6.45, 7) is 0.476. The summed E-state index contributed by atoms with van der Waals surface area (Å²) in [4.78, 5) is 23.4. The van der Waals surface area contributed by atoms with Gasteiger partial charge < -0.3 is 10.5 Å². The lowest BCUT2D eigenvalue weighted by atomic mass is 9.93. The summed E-state index contributed by atoms with van der Waals surface area (Å²) < 4.78 is 5.73. The van der Waals surface area contributed by atoms with Crippen LogP contribution in [0.4, 0.5) is 0 Å². The Morgan fingerprint density at radius 2 is 1.80 bits per heavy atom. The molecule has 0 radical (unpaired) electrons. The van der Waals surface area contributed by atoms with Crippen LogP contribution in [0.25, 0.3) is 0 Å². The summed E-state index contributed by atoms with van der Waals surface area (Å²) in [6.07, 6.45) is 0.709. The maximum absolute atomic E-state index is 11.8. The summed E-state index contributed by atoms with van der Waals surface area (Å²) >= 11 is 0. The van der Waals surface area contributed by atoms with Gasteiger partial charge in [-0.1, -0.05) is 42.5 Å². The second-order valence-electron chi connectivity index (χ2n) is 6.35.